The van der Waals surface area contributed by atoms with E-state index in [1.807, 2.05) is 42.5 Å². The molecule has 8 heteroatoms. The fourth-order valence-electron chi connectivity index (χ4n) is 1.85. The molecule has 0 amide bonds. The number of hydrogen-bond acceptors (Lipinski definition) is 5. The number of hydrogen-bond donors (Lipinski definition) is 2. The third-order valence-corrected chi connectivity index (χ3v) is 3.60. The minimum Gasteiger partial charge on any atom is -0.422 e. The van der Waals surface area contributed by atoms with Gasteiger partial charge >= 0.3 is 7.62 Å². The lowest BCUT2D eigenvalue weighted by Crippen LogP contribution is -2.21. The summed E-state index contributed by atoms with van der Waals surface area (Å²) in [6.45, 7) is 0.280. The maximum absolute atomic E-state index is 11.1. The fourth-order valence-corrected chi connectivity index (χ4v) is 2.28. The summed E-state index contributed by atoms with van der Waals surface area (Å²) in [6, 6.07) is 13.3. The van der Waals surface area contributed by atoms with Gasteiger partial charge in [0.15, 0.2) is 0 Å². The second-order valence-corrected chi connectivity index (χ2v) is 6.64. The van der Waals surface area contributed by atoms with Crippen LogP contribution in [0.1, 0.15) is 5.56 Å². The first-order valence-corrected chi connectivity index (χ1v) is 8.61. The molecule has 0 aliphatic rings. The van der Waals surface area contributed by atoms with Crippen LogP contribution >= 0.6 is 0 Å². The second kappa shape index (κ2) is 7.39. The third kappa shape index (κ3) is 5.14. The average Bonchev–Trinajstić information content (AvgIpc) is 2.51. The highest BCUT2D eigenvalue weighted by molar-refractivity contribution is 7.88. The van der Waals surface area contributed by atoms with Crippen molar-refractivity contribution in [2.24, 2.45) is 0 Å². The molecule has 2 aromatic rings. The summed E-state index contributed by atoms with van der Waals surface area (Å²) in [4.78, 5) is 4.49. The Balaban J connectivity index is 2.09. The van der Waals surface area contributed by atoms with Crippen LogP contribution in [0.2, 0.25) is 0 Å². The van der Waals surface area contributed by atoms with E-state index in [1.54, 1.807) is 7.11 Å². The Morgan fingerprint density at radius 1 is 1.18 bits per heavy atom. The van der Waals surface area contributed by atoms with Crippen LogP contribution < -0.4 is 9.95 Å². The first-order chi connectivity index (χ1) is 10.5. The molecule has 1 aromatic heterocycles. The molecule has 1 aromatic carbocycles. The van der Waals surface area contributed by atoms with Gasteiger partial charge in [-0.3, -0.25) is 0 Å². The zero-order chi connectivity index (χ0) is 16.0. The van der Waals surface area contributed by atoms with E-state index in [-0.39, 0.29) is 6.54 Å². The zero-order valence-electron chi connectivity index (χ0n) is 12.5. The lowest BCUT2D eigenvalue weighted by Gasteiger charge is -2.07. The molecule has 0 saturated carbocycles. The molecule has 6 nitrogen and oxygen atoms in total. The molecule has 2 N–H and O–H groups in total. The van der Waals surface area contributed by atoms with Crippen molar-refractivity contribution in [3.63, 3.8) is 0 Å². The maximum atomic E-state index is 11.1. The first-order valence-electron chi connectivity index (χ1n) is 6.72. The average molecular weight is 319 g/mol. The molecule has 0 unspecified atom stereocenters. The molecular weight excluding hydrogens is 301 g/mol. The number of pyridine rings is 1. The standard InChI is InChI=1S/C14H18BN3O3S/c1-21-15-18-14-5-3-4-13(17-14)12-8-6-11(7-9-12)10-16-22(2,19)20/h3-9,15-16H,10H2,1-2H3,(H,17,18). The predicted octanol–water partition coefficient (Wildman–Crippen LogP) is 1.12. The monoisotopic (exact) mass is 319 g/mol. The Kier molecular flexibility index (Phi) is 5.54. The highest BCUT2D eigenvalue weighted by atomic mass is 32.2. The summed E-state index contributed by atoms with van der Waals surface area (Å²) < 4.78 is 29.6. The quantitative estimate of drug-likeness (QED) is 0.748. The van der Waals surface area contributed by atoms with E-state index in [0.717, 1.165) is 28.9 Å². The molecule has 2 rings (SSSR count). The molecule has 0 aliphatic carbocycles. The molecule has 0 saturated heterocycles. The van der Waals surface area contributed by atoms with E-state index in [0.29, 0.717) is 7.62 Å². The van der Waals surface area contributed by atoms with Gasteiger partial charge in [0, 0.05) is 19.2 Å². The molecule has 0 spiro atoms. The summed E-state index contributed by atoms with van der Waals surface area (Å²) in [6.07, 6.45) is 1.14. The Labute approximate surface area is 131 Å². The summed E-state index contributed by atoms with van der Waals surface area (Å²) in [5, 5.41) is 3.04. The minimum absolute atomic E-state index is 0.280. The summed E-state index contributed by atoms with van der Waals surface area (Å²) in [5.74, 6) is 0.738. The molecule has 1 heterocycles. The normalized spacial score (nSPS) is 11.2. The fraction of sp³-hybridized carbons (Fsp3) is 0.214. The van der Waals surface area contributed by atoms with Crippen molar-refractivity contribution in [3.05, 3.63) is 48.0 Å². The van der Waals surface area contributed by atoms with E-state index >= 15 is 0 Å². The van der Waals surface area contributed by atoms with Gasteiger partial charge in [-0.15, -0.1) is 0 Å². The van der Waals surface area contributed by atoms with Crippen LogP contribution in [-0.4, -0.2) is 34.4 Å². The van der Waals surface area contributed by atoms with Gasteiger partial charge in [-0.05, 0) is 17.7 Å². The Morgan fingerprint density at radius 3 is 2.55 bits per heavy atom. The van der Waals surface area contributed by atoms with Crippen molar-refractivity contribution in [2.75, 3.05) is 18.6 Å². The Bertz CT molecular complexity index is 720. The lowest BCUT2D eigenvalue weighted by atomic mass is 10.1. The molecule has 0 radical (unpaired) electrons. The Morgan fingerprint density at radius 2 is 1.91 bits per heavy atom. The maximum Gasteiger partial charge on any atom is 0.395 e. The third-order valence-electron chi connectivity index (χ3n) is 2.93. The number of nitrogens with zero attached hydrogens (tertiary/aromatic N) is 1. The van der Waals surface area contributed by atoms with Crippen LogP contribution in [0.3, 0.4) is 0 Å². The zero-order valence-corrected chi connectivity index (χ0v) is 13.4. The van der Waals surface area contributed by atoms with Crippen LogP contribution in [0.15, 0.2) is 42.5 Å². The van der Waals surface area contributed by atoms with E-state index < -0.39 is 10.0 Å². The largest absolute Gasteiger partial charge is 0.422 e. The molecule has 0 aliphatic heterocycles. The minimum atomic E-state index is -3.18. The summed E-state index contributed by atoms with van der Waals surface area (Å²) in [5.41, 5.74) is 2.69. The summed E-state index contributed by atoms with van der Waals surface area (Å²) >= 11 is 0. The van der Waals surface area contributed by atoms with E-state index in [4.69, 9.17) is 4.65 Å². The number of anilines is 1. The predicted molar refractivity (Wildman–Crippen MR) is 89.1 cm³/mol. The van der Waals surface area contributed by atoms with Gasteiger partial charge < -0.3 is 9.88 Å². The molecule has 116 valence electrons. The highest BCUT2D eigenvalue weighted by Gasteiger charge is 2.04. The van der Waals surface area contributed by atoms with Gasteiger partial charge in [-0.1, -0.05) is 30.3 Å². The van der Waals surface area contributed by atoms with Crippen LogP contribution in [0.4, 0.5) is 5.82 Å². The van der Waals surface area contributed by atoms with Crippen LogP contribution in [0.25, 0.3) is 11.3 Å². The second-order valence-electron chi connectivity index (χ2n) is 4.81. The van der Waals surface area contributed by atoms with E-state index in [1.165, 1.54) is 0 Å². The number of rotatable bonds is 7. The van der Waals surface area contributed by atoms with Crippen molar-refractivity contribution < 1.29 is 13.1 Å². The van der Waals surface area contributed by atoms with Gasteiger partial charge in [-0.25, -0.2) is 18.1 Å². The van der Waals surface area contributed by atoms with Crippen molar-refractivity contribution in [1.82, 2.24) is 9.71 Å². The number of sulfonamides is 1. The SMILES string of the molecule is COBNc1cccc(-c2ccc(CNS(C)(=O)=O)cc2)n1. The van der Waals surface area contributed by atoms with Gasteiger partial charge in [0.1, 0.15) is 5.82 Å². The van der Waals surface area contributed by atoms with E-state index in [9.17, 15) is 8.42 Å². The lowest BCUT2D eigenvalue weighted by molar-refractivity contribution is 0.446. The summed E-state index contributed by atoms with van der Waals surface area (Å²) in [7, 11) is -1.17. The molecule has 0 fully saturated rings. The van der Waals surface area contributed by atoms with Gasteiger partial charge in [0.2, 0.25) is 10.0 Å². The number of nitrogens with one attached hydrogen (secondary N) is 2. The number of aromatic nitrogens is 1. The van der Waals surface area contributed by atoms with Crippen molar-refractivity contribution >= 4 is 23.5 Å². The van der Waals surface area contributed by atoms with Gasteiger partial charge in [-0.2, -0.15) is 0 Å². The van der Waals surface area contributed by atoms with Crippen LogP contribution in [0, 0.1) is 0 Å². The van der Waals surface area contributed by atoms with Crippen LogP contribution in [0.5, 0.6) is 0 Å². The first kappa shape index (κ1) is 16.5. The Hall–Kier alpha value is -1.90. The molecule has 0 bridgehead atoms. The number of benzene rings is 1. The highest BCUT2D eigenvalue weighted by Crippen LogP contribution is 2.19. The van der Waals surface area contributed by atoms with Gasteiger partial charge in [0.25, 0.3) is 0 Å². The van der Waals surface area contributed by atoms with Crippen molar-refractivity contribution in [3.8, 4) is 11.3 Å². The molecule has 22 heavy (non-hydrogen) atoms. The topological polar surface area (TPSA) is 80.3 Å². The molecular formula is C14H18BN3O3S. The molecule has 0 atom stereocenters. The van der Waals surface area contributed by atoms with Gasteiger partial charge in [0.05, 0.1) is 11.9 Å². The van der Waals surface area contributed by atoms with Crippen LogP contribution in [-0.2, 0) is 21.2 Å². The van der Waals surface area contributed by atoms with E-state index in [2.05, 4.69) is 14.9 Å². The smallest absolute Gasteiger partial charge is 0.395 e. The van der Waals surface area contributed by atoms with Crippen molar-refractivity contribution in [2.45, 2.75) is 6.54 Å². The van der Waals surface area contributed by atoms with Crippen molar-refractivity contribution in [1.29, 1.82) is 0 Å².